The molecule has 0 unspecified atom stereocenters. The predicted molar refractivity (Wildman–Crippen MR) is 134 cm³/mol. The molecule has 0 spiro atoms. The van der Waals surface area contributed by atoms with Gasteiger partial charge in [-0.1, -0.05) is 30.3 Å². The number of rotatable bonds is 12. The number of methoxy groups -OCH3 is 3. The van der Waals surface area contributed by atoms with Crippen molar-refractivity contribution in [3.8, 4) is 11.5 Å². The second-order valence-electron chi connectivity index (χ2n) is 7.93. The summed E-state index contributed by atoms with van der Waals surface area (Å²) in [6, 6.07) is 13.4. The Hall–Kier alpha value is -3.43. The summed E-state index contributed by atoms with van der Waals surface area (Å²) >= 11 is 1.29. The molecule has 0 saturated carbocycles. The van der Waals surface area contributed by atoms with Crippen LogP contribution in [0.3, 0.4) is 0 Å². The molecule has 1 heterocycles. The van der Waals surface area contributed by atoms with Crippen molar-refractivity contribution >= 4 is 23.2 Å². The van der Waals surface area contributed by atoms with E-state index in [1.54, 1.807) is 31.1 Å². The molecule has 3 rings (SSSR count). The largest absolute Gasteiger partial charge is 0.496 e. The van der Waals surface area contributed by atoms with Crippen LogP contribution >= 0.6 is 11.3 Å². The molecule has 1 aromatic heterocycles. The Morgan fingerprint density at radius 2 is 1.71 bits per heavy atom. The Balaban J connectivity index is 1.90. The van der Waals surface area contributed by atoms with Crippen LogP contribution in [0, 0.1) is 6.92 Å². The maximum absolute atomic E-state index is 13.7. The maximum Gasteiger partial charge on any atom is 0.355 e. The highest BCUT2D eigenvalue weighted by Gasteiger charge is 2.23. The number of thiazole rings is 1. The molecule has 0 aliphatic heterocycles. The lowest BCUT2D eigenvalue weighted by atomic mass is 10.1. The summed E-state index contributed by atoms with van der Waals surface area (Å²) < 4.78 is 16.3. The van der Waals surface area contributed by atoms with Crippen LogP contribution in [0.15, 0.2) is 42.5 Å². The number of aromatic nitrogens is 1. The van der Waals surface area contributed by atoms with Crippen molar-refractivity contribution in [1.82, 2.24) is 9.88 Å². The number of nitrogens with zero attached hydrogens (tertiary/aromatic N) is 2. The lowest BCUT2D eigenvalue weighted by Crippen LogP contribution is -2.32. The first-order chi connectivity index (χ1) is 16.9. The van der Waals surface area contributed by atoms with Gasteiger partial charge in [-0.2, -0.15) is 0 Å². The summed E-state index contributed by atoms with van der Waals surface area (Å²) in [5, 5.41) is 9.95. The number of carbonyl (C=O) groups excluding carboxylic acids is 1. The zero-order valence-corrected chi connectivity index (χ0v) is 21.2. The van der Waals surface area contributed by atoms with Gasteiger partial charge in [-0.3, -0.25) is 4.79 Å². The summed E-state index contributed by atoms with van der Waals surface area (Å²) in [6.07, 6.45) is 1.54. The van der Waals surface area contributed by atoms with E-state index in [0.29, 0.717) is 39.1 Å². The number of benzene rings is 2. The topological polar surface area (TPSA) is 98.2 Å². The quantitative estimate of drug-likeness (QED) is 0.390. The molecular formula is C26H30N2O6S. The minimum Gasteiger partial charge on any atom is -0.496 e. The van der Waals surface area contributed by atoms with Crippen LogP contribution in [0.5, 0.6) is 11.5 Å². The summed E-state index contributed by atoms with van der Waals surface area (Å²) in [7, 11) is 4.64. The van der Waals surface area contributed by atoms with Crippen LogP contribution in [0.25, 0.3) is 0 Å². The van der Waals surface area contributed by atoms with Crippen molar-refractivity contribution in [1.29, 1.82) is 0 Å². The van der Waals surface area contributed by atoms with E-state index in [4.69, 9.17) is 14.2 Å². The first kappa shape index (κ1) is 26.2. The highest BCUT2D eigenvalue weighted by Crippen LogP contribution is 2.32. The number of aryl methyl sites for hydroxylation is 2. The van der Waals surface area contributed by atoms with Crippen molar-refractivity contribution in [2.45, 2.75) is 32.9 Å². The fraction of sp³-hybridized carbons (Fsp3) is 0.346. The molecule has 0 aliphatic rings. The normalized spacial score (nSPS) is 10.7. The van der Waals surface area contributed by atoms with Gasteiger partial charge in [0.15, 0.2) is 5.69 Å². The van der Waals surface area contributed by atoms with E-state index in [1.165, 1.54) is 31.1 Å². The van der Waals surface area contributed by atoms with Crippen molar-refractivity contribution < 1.29 is 28.9 Å². The van der Waals surface area contributed by atoms with Gasteiger partial charge in [0.25, 0.3) is 5.91 Å². The molecule has 0 fully saturated rings. The zero-order chi connectivity index (χ0) is 25.4. The van der Waals surface area contributed by atoms with Crippen LogP contribution in [0.1, 0.15) is 48.3 Å². The fourth-order valence-corrected chi connectivity index (χ4v) is 4.77. The van der Waals surface area contributed by atoms with Gasteiger partial charge in [0, 0.05) is 24.1 Å². The zero-order valence-electron chi connectivity index (χ0n) is 20.4. The van der Waals surface area contributed by atoms with Crippen LogP contribution in [-0.4, -0.2) is 54.7 Å². The highest BCUT2D eigenvalue weighted by molar-refractivity contribution is 7.11. The second kappa shape index (κ2) is 12.3. The number of aromatic carboxylic acids is 1. The van der Waals surface area contributed by atoms with Crippen molar-refractivity contribution in [2.24, 2.45) is 0 Å². The number of carbonyl (C=O) groups is 2. The molecule has 9 heteroatoms. The van der Waals surface area contributed by atoms with E-state index >= 15 is 0 Å². The first-order valence-electron chi connectivity index (χ1n) is 11.1. The van der Waals surface area contributed by atoms with Gasteiger partial charge in [0.1, 0.15) is 16.5 Å². The Morgan fingerprint density at radius 1 is 1.06 bits per heavy atom. The molecule has 0 radical (unpaired) electrons. The predicted octanol–water partition coefficient (Wildman–Crippen LogP) is 4.59. The van der Waals surface area contributed by atoms with Crippen LogP contribution < -0.4 is 9.47 Å². The highest BCUT2D eigenvalue weighted by atomic mass is 32.1. The third-order valence-corrected chi connectivity index (χ3v) is 6.49. The van der Waals surface area contributed by atoms with Gasteiger partial charge in [-0.15, -0.1) is 11.3 Å². The SMILES string of the molecule is COCc1c(OC)cc(C(=O)N(CCCc2ccccc2)Cc2nc(C(=O)O)c(C)s2)cc1OC. The summed E-state index contributed by atoms with van der Waals surface area (Å²) in [5.74, 6) is -0.299. The molecule has 35 heavy (non-hydrogen) atoms. The third kappa shape index (κ3) is 6.58. The van der Waals surface area contributed by atoms with E-state index in [9.17, 15) is 14.7 Å². The minimum absolute atomic E-state index is 0.0222. The van der Waals surface area contributed by atoms with Crippen LogP contribution in [-0.2, 0) is 24.3 Å². The molecule has 1 N–H and O–H groups in total. The second-order valence-corrected chi connectivity index (χ2v) is 9.21. The van der Waals surface area contributed by atoms with E-state index in [0.717, 1.165) is 12.8 Å². The van der Waals surface area contributed by atoms with Gasteiger partial charge in [-0.25, -0.2) is 9.78 Å². The first-order valence-corrected chi connectivity index (χ1v) is 12.0. The number of carboxylic acids is 1. The average molecular weight is 499 g/mol. The Morgan fingerprint density at radius 3 is 2.26 bits per heavy atom. The third-order valence-electron chi connectivity index (χ3n) is 5.54. The van der Waals surface area contributed by atoms with E-state index in [2.05, 4.69) is 17.1 Å². The van der Waals surface area contributed by atoms with Crippen LogP contribution in [0.4, 0.5) is 0 Å². The average Bonchev–Trinajstić information content (AvgIpc) is 3.24. The molecule has 0 bridgehead atoms. The lowest BCUT2D eigenvalue weighted by molar-refractivity contribution is 0.0690. The summed E-state index contributed by atoms with van der Waals surface area (Å²) in [5.41, 5.74) is 2.33. The molecule has 0 saturated heterocycles. The van der Waals surface area contributed by atoms with Crippen molar-refractivity contribution in [2.75, 3.05) is 27.9 Å². The maximum atomic E-state index is 13.7. The van der Waals surface area contributed by atoms with Gasteiger partial charge in [0.05, 0.1) is 32.9 Å². The van der Waals surface area contributed by atoms with E-state index < -0.39 is 5.97 Å². The van der Waals surface area contributed by atoms with Crippen molar-refractivity contribution in [3.05, 3.63) is 74.7 Å². The Kier molecular flexibility index (Phi) is 9.22. The number of carboxylic acid groups (broad SMARTS) is 1. The Labute approximate surface area is 209 Å². The van der Waals surface area contributed by atoms with Gasteiger partial charge < -0.3 is 24.2 Å². The molecule has 3 aromatic rings. The van der Waals surface area contributed by atoms with Crippen LogP contribution in [0.2, 0.25) is 0 Å². The number of ether oxygens (including phenoxy) is 3. The van der Waals surface area contributed by atoms with E-state index in [1.807, 2.05) is 18.2 Å². The summed E-state index contributed by atoms with van der Waals surface area (Å²) in [4.78, 5) is 31.7. The molecule has 0 atom stereocenters. The standard InChI is InChI=1S/C26H30N2O6S/c1-17-24(26(30)31)27-23(35-17)15-28(12-8-11-18-9-6-5-7-10-18)25(29)19-13-21(33-3)20(16-32-2)22(14-19)34-4/h5-7,9-10,13-14H,8,11-12,15-16H2,1-4H3,(H,30,31). The molecule has 2 aromatic carbocycles. The summed E-state index contributed by atoms with van der Waals surface area (Å²) in [6.45, 7) is 2.67. The minimum atomic E-state index is -1.07. The lowest BCUT2D eigenvalue weighted by Gasteiger charge is -2.23. The molecular weight excluding hydrogens is 468 g/mol. The van der Waals surface area contributed by atoms with Gasteiger partial charge in [-0.05, 0) is 37.5 Å². The number of hydrogen-bond acceptors (Lipinski definition) is 7. The fourth-order valence-electron chi connectivity index (χ4n) is 3.83. The number of hydrogen-bond donors (Lipinski definition) is 1. The van der Waals surface area contributed by atoms with E-state index in [-0.39, 0.29) is 24.8 Å². The monoisotopic (exact) mass is 498 g/mol. The molecule has 186 valence electrons. The molecule has 0 aliphatic carbocycles. The molecule has 1 amide bonds. The molecule has 8 nitrogen and oxygen atoms in total. The van der Waals surface area contributed by atoms with Gasteiger partial charge in [0.2, 0.25) is 0 Å². The number of amides is 1. The van der Waals surface area contributed by atoms with Crippen molar-refractivity contribution in [3.63, 3.8) is 0 Å². The smallest absolute Gasteiger partial charge is 0.355 e. The van der Waals surface area contributed by atoms with Gasteiger partial charge >= 0.3 is 5.97 Å². The Bertz CT molecular complexity index is 1140.